The van der Waals surface area contributed by atoms with Crippen LogP contribution in [0.4, 0.5) is 0 Å². The maximum atomic E-state index is 4.16. The van der Waals surface area contributed by atoms with Crippen molar-refractivity contribution in [3.63, 3.8) is 0 Å². The number of aryl methyl sites for hydroxylation is 2. The first-order valence-corrected chi connectivity index (χ1v) is 5.54. The Labute approximate surface area is 72.3 Å². The van der Waals surface area contributed by atoms with Crippen molar-refractivity contribution in [3.8, 4) is 0 Å². The van der Waals surface area contributed by atoms with E-state index in [1.807, 2.05) is 0 Å². The molecule has 3 heteroatoms. The molecule has 0 bridgehead atoms. The van der Waals surface area contributed by atoms with Gasteiger partial charge in [-0.25, -0.2) is 0 Å². The number of hydrogen-bond donors (Lipinski definition) is 0. The van der Waals surface area contributed by atoms with Gasteiger partial charge >= 0.3 is 71.9 Å². The Morgan fingerprint density at radius 1 is 1.18 bits per heavy atom. The summed E-state index contributed by atoms with van der Waals surface area (Å²) in [4.78, 5) is 0. The standard InChI is InChI=1S/C8H10N2Se/c1-2-4-6-8-7(5-3-1)9-10-11-8/h1-2H,3-6H2/b2-1-. The van der Waals surface area contributed by atoms with Gasteiger partial charge in [-0.2, -0.15) is 0 Å². The molecule has 1 aliphatic carbocycles. The van der Waals surface area contributed by atoms with E-state index in [0.717, 1.165) is 12.8 Å². The van der Waals surface area contributed by atoms with E-state index < -0.39 is 0 Å². The van der Waals surface area contributed by atoms with Crippen molar-refractivity contribution in [1.82, 2.24) is 9.19 Å². The molecule has 0 amide bonds. The second-order valence-corrected chi connectivity index (χ2v) is 4.45. The van der Waals surface area contributed by atoms with Crippen molar-refractivity contribution in [1.29, 1.82) is 0 Å². The number of aromatic nitrogens is 2. The van der Waals surface area contributed by atoms with E-state index in [-0.39, 0.29) is 0 Å². The normalized spacial score (nSPS) is 20.0. The molecule has 0 saturated carbocycles. The fraction of sp³-hybridized carbons (Fsp3) is 0.500. The Morgan fingerprint density at radius 2 is 2.00 bits per heavy atom. The molecule has 1 aliphatic rings. The van der Waals surface area contributed by atoms with Gasteiger partial charge in [-0.15, -0.1) is 0 Å². The summed E-state index contributed by atoms with van der Waals surface area (Å²) in [6, 6.07) is 0. The van der Waals surface area contributed by atoms with E-state index >= 15 is 0 Å². The maximum absolute atomic E-state index is 4.16. The van der Waals surface area contributed by atoms with Crippen molar-refractivity contribution in [3.05, 3.63) is 22.3 Å². The Morgan fingerprint density at radius 3 is 2.91 bits per heavy atom. The Hall–Kier alpha value is -0.401. The van der Waals surface area contributed by atoms with Crippen LogP contribution in [0.1, 0.15) is 23.0 Å². The van der Waals surface area contributed by atoms with Gasteiger partial charge in [0.25, 0.3) is 0 Å². The molecule has 1 heterocycles. The average molecular weight is 213 g/mol. The van der Waals surface area contributed by atoms with Crippen LogP contribution in [0, 0.1) is 0 Å². The third-order valence-electron chi connectivity index (χ3n) is 1.89. The molecule has 0 atom stereocenters. The molecule has 0 radical (unpaired) electrons. The van der Waals surface area contributed by atoms with Crippen LogP contribution in [-0.4, -0.2) is 23.9 Å². The summed E-state index contributed by atoms with van der Waals surface area (Å²) in [6.07, 6.45) is 9.16. The molecule has 11 heavy (non-hydrogen) atoms. The zero-order valence-corrected chi connectivity index (χ0v) is 8.00. The molecule has 0 spiro atoms. The molecule has 0 aromatic carbocycles. The fourth-order valence-corrected chi connectivity index (χ4v) is 2.74. The van der Waals surface area contributed by atoms with Crippen LogP contribution in [0.5, 0.6) is 0 Å². The minimum atomic E-state index is 0.348. The van der Waals surface area contributed by atoms with Crippen LogP contribution in [0.25, 0.3) is 0 Å². The Bertz CT molecular complexity index is 240. The quantitative estimate of drug-likeness (QED) is 0.474. The molecule has 2 nitrogen and oxygen atoms in total. The number of rotatable bonds is 0. The zero-order chi connectivity index (χ0) is 7.52. The van der Waals surface area contributed by atoms with Crippen molar-refractivity contribution in [2.45, 2.75) is 25.7 Å². The average Bonchev–Trinajstić information content (AvgIpc) is 2.35. The van der Waals surface area contributed by atoms with Gasteiger partial charge in [0.1, 0.15) is 0 Å². The number of hydrogen-bond acceptors (Lipinski definition) is 2. The van der Waals surface area contributed by atoms with Crippen LogP contribution in [-0.2, 0) is 12.8 Å². The third kappa shape index (κ3) is 1.60. The molecule has 0 fully saturated rings. The van der Waals surface area contributed by atoms with Crippen LogP contribution < -0.4 is 0 Å². The molecule has 0 N–H and O–H groups in total. The summed E-state index contributed by atoms with van der Waals surface area (Å²) in [5.41, 5.74) is 1.29. The molecular formula is C8H10N2Se. The Balaban J connectivity index is 2.23. The van der Waals surface area contributed by atoms with E-state index in [1.54, 1.807) is 0 Å². The third-order valence-corrected chi connectivity index (χ3v) is 3.61. The summed E-state index contributed by atoms with van der Waals surface area (Å²) < 4.78 is 5.63. The van der Waals surface area contributed by atoms with Gasteiger partial charge in [0, 0.05) is 0 Å². The number of fused-ring (bicyclic) bond motifs is 1. The molecule has 2 rings (SSSR count). The van der Waals surface area contributed by atoms with E-state index in [1.165, 1.54) is 23.0 Å². The van der Waals surface area contributed by atoms with Crippen molar-refractivity contribution >= 4 is 14.7 Å². The van der Waals surface area contributed by atoms with E-state index in [0.29, 0.717) is 14.7 Å². The predicted molar refractivity (Wildman–Crippen MR) is 44.8 cm³/mol. The van der Waals surface area contributed by atoms with E-state index in [2.05, 4.69) is 21.3 Å². The van der Waals surface area contributed by atoms with Crippen molar-refractivity contribution in [2.24, 2.45) is 0 Å². The molecule has 0 saturated heterocycles. The first kappa shape index (κ1) is 7.26. The molecule has 0 unspecified atom stereocenters. The number of allylic oxidation sites excluding steroid dienone is 2. The fourth-order valence-electron chi connectivity index (χ4n) is 1.28. The molecule has 1 aromatic heterocycles. The summed E-state index contributed by atoms with van der Waals surface area (Å²) >= 11 is 0.348. The zero-order valence-electron chi connectivity index (χ0n) is 6.29. The van der Waals surface area contributed by atoms with Gasteiger partial charge < -0.3 is 0 Å². The van der Waals surface area contributed by atoms with Gasteiger partial charge in [-0.1, -0.05) is 0 Å². The monoisotopic (exact) mass is 214 g/mol. The van der Waals surface area contributed by atoms with Gasteiger partial charge in [0.05, 0.1) is 0 Å². The van der Waals surface area contributed by atoms with E-state index in [4.69, 9.17) is 0 Å². The van der Waals surface area contributed by atoms with Crippen LogP contribution in [0.3, 0.4) is 0 Å². The first-order chi connectivity index (χ1) is 5.47. The van der Waals surface area contributed by atoms with Crippen LogP contribution >= 0.6 is 0 Å². The molecule has 0 aliphatic heterocycles. The summed E-state index contributed by atoms with van der Waals surface area (Å²) in [7, 11) is 0. The predicted octanol–water partition coefficient (Wildman–Crippen LogP) is 0.969. The minimum absolute atomic E-state index is 0.348. The second kappa shape index (κ2) is 3.33. The van der Waals surface area contributed by atoms with Crippen molar-refractivity contribution in [2.75, 3.05) is 0 Å². The molecular weight excluding hydrogens is 203 g/mol. The topological polar surface area (TPSA) is 25.8 Å². The van der Waals surface area contributed by atoms with Gasteiger partial charge in [0.15, 0.2) is 0 Å². The number of nitrogens with zero attached hydrogens (tertiary/aromatic N) is 2. The first-order valence-electron chi connectivity index (χ1n) is 3.92. The summed E-state index contributed by atoms with van der Waals surface area (Å²) in [5, 5.41) is 4.16. The second-order valence-electron chi connectivity index (χ2n) is 2.69. The van der Waals surface area contributed by atoms with Gasteiger partial charge in [0.2, 0.25) is 0 Å². The summed E-state index contributed by atoms with van der Waals surface area (Å²) in [6.45, 7) is 0. The van der Waals surface area contributed by atoms with Crippen molar-refractivity contribution < 1.29 is 0 Å². The van der Waals surface area contributed by atoms with Gasteiger partial charge in [-0.3, -0.25) is 0 Å². The molecule has 1 aromatic rings. The van der Waals surface area contributed by atoms with Gasteiger partial charge in [-0.05, 0) is 0 Å². The van der Waals surface area contributed by atoms with E-state index in [9.17, 15) is 0 Å². The van der Waals surface area contributed by atoms with Crippen LogP contribution in [0.15, 0.2) is 12.2 Å². The Kier molecular flexibility index (Phi) is 2.20. The molecule has 58 valence electrons. The SMILES string of the molecule is C1=C\CCc2[se]nnc2CC/1. The summed E-state index contributed by atoms with van der Waals surface area (Å²) in [5.74, 6) is 0. The van der Waals surface area contributed by atoms with Crippen LogP contribution in [0.2, 0.25) is 0 Å².